The Morgan fingerprint density at radius 2 is 2.12 bits per heavy atom. The minimum atomic E-state index is -0.157. The van der Waals surface area contributed by atoms with Crippen LogP contribution >= 0.6 is 0 Å². The van der Waals surface area contributed by atoms with E-state index in [2.05, 4.69) is 28.1 Å². The first-order valence-electron chi connectivity index (χ1n) is 6.06. The fourth-order valence-corrected chi connectivity index (χ4v) is 2.38. The molecule has 0 aliphatic carbocycles. The van der Waals surface area contributed by atoms with Crippen LogP contribution in [0.25, 0.3) is 10.9 Å². The third-order valence-electron chi connectivity index (χ3n) is 3.29. The highest BCUT2D eigenvalue weighted by Crippen LogP contribution is 2.15. The zero-order valence-corrected chi connectivity index (χ0v) is 9.71. The van der Waals surface area contributed by atoms with Crippen LogP contribution in [0.2, 0.25) is 0 Å². The lowest BCUT2D eigenvalue weighted by Gasteiger charge is -2.14. The Kier molecular flexibility index (Phi) is 2.79. The van der Waals surface area contributed by atoms with E-state index in [1.807, 2.05) is 18.2 Å². The molecule has 0 amide bonds. The van der Waals surface area contributed by atoms with Crippen LogP contribution in [-0.4, -0.2) is 34.2 Å². The Hall–Kier alpha value is -1.45. The minimum Gasteiger partial charge on any atom is -0.392 e. The largest absolute Gasteiger partial charge is 0.392 e. The molecule has 17 heavy (non-hydrogen) atoms. The average Bonchev–Trinajstić information content (AvgIpc) is 2.75. The number of aliphatic hydroxyl groups excluding tert-OH is 1. The molecule has 1 atom stereocenters. The molecule has 0 radical (unpaired) electrons. The van der Waals surface area contributed by atoms with E-state index in [-0.39, 0.29) is 6.10 Å². The highest BCUT2D eigenvalue weighted by atomic mass is 16.3. The van der Waals surface area contributed by atoms with E-state index in [0.29, 0.717) is 0 Å². The molecular formula is C14H16N2O. The maximum absolute atomic E-state index is 9.49. The number of likely N-dealkylation sites (tertiary alicyclic amines) is 1. The van der Waals surface area contributed by atoms with E-state index in [9.17, 15) is 5.11 Å². The number of β-amino-alcohol motifs (C(OH)–C–C–N with tert-alkyl or cyclic N) is 1. The molecule has 0 saturated carbocycles. The summed E-state index contributed by atoms with van der Waals surface area (Å²) in [5.41, 5.74) is 2.13. The number of hydrogen-bond donors (Lipinski definition) is 1. The minimum absolute atomic E-state index is 0.157. The second-order valence-electron chi connectivity index (χ2n) is 4.67. The summed E-state index contributed by atoms with van der Waals surface area (Å²) in [6.07, 6.45) is 0.726. The summed E-state index contributed by atoms with van der Waals surface area (Å²) in [7, 11) is 0. The highest BCUT2D eigenvalue weighted by Gasteiger charge is 2.20. The van der Waals surface area contributed by atoms with E-state index in [0.717, 1.165) is 37.3 Å². The Morgan fingerprint density at radius 1 is 1.24 bits per heavy atom. The van der Waals surface area contributed by atoms with Crippen LogP contribution in [0, 0.1) is 0 Å². The molecular weight excluding hydrogens is 212 g/mol. The second-order valence-corrected chi connectivity index (χ2v) is 4.67. The molecule has 1 unspecified atom stereocenters. The SMILES string of the molecule is OC1CCN(Cc2ccc3ccccc3n2)C1. The predicted molar refractivity (Wildman–Crippen MR) is 67.6 cm³/mol. The van der Waals surface area contributed by atoms with Crippen LogP contribution in [0.3, 0.4) is 0 Å². The number of benzene rings is 1. The molecule has 2 heterocycles. The van der Waals surface area contributed by atoms with Gasteiger partial charge < -0.3 is 5.11 Å². The van der Waals surface area contributed by atoms with Crippen LogP contribution in [0.1, 0.15) is 12.1 Å². The van der Waals surface area contributed by atoms with Gasteiger partial charge >= 0.3 is 0 Å². The summed E-state index contributed by atoms with van der Waals surface area (Å²) in [5, 5.41) is 10.7. The topological polar surface area (TPSA) is 36.4 Å². The van der Waals surface area contributed by atoms with Crippen LogP contribution in [0.5, 0.6) is 0 Å². The normalized spacial score (nSPS) is 21.1. The van der Waals surface area contributed by atoms with Gasteiger partial charge in [-0.1, -0.05) is 24.3 Å². The smallest absolute Gasteiger partial charge is 0.0705 e. The number of fused-ring (bicyclic) bond motifs is 1. The zero-order valence-electron chi connectivity index (χ0n) is 9.71. The van der Waals surface area contributed by atoms with Gasteiger partial charge in [0, 0.05) is 25.0 Å². The summed E-state index contributed by atoms with van der Waals surface area (Å²) in [5.74, 6) is 0. The molecule has 3 heteroatoms. The first-order valence-corrected chi connectivity index (χ1v) is 6.06. The molecule has 1 fully saturated rings. The number of para-hydroxylation sites is 1. The Labute approximate surface area is 101 Å². The van der Waals surface area contributed by atoms with Gasteiger partial charge in [-0.15, -0.1) is 0 Å². The number of rotatable bonds is 2. The fraction of sp³-hybridized carbons (Fsp3) is 0.357. The molecule has 1 aliphatic heterocycles. The molecule has 1 aliphatic rings. The number of pyridine rings is 1. The van der Waals surface area contributed by atoms with Crippen LogP contribution < -0.4 is 0 Å². The van der Waals surface area contributed by atoms with Gasteiger partial charge in [-0.2, -0.15) is 0 Å². The van der Waals surface area contributed by atoms with Crippen molar-refractivity contribution < 1.29 is 5.11 Å². The van der Waals surface area contributed by atoms with Gasteiger partial charge in [-0.3, -0.25) is 9.88 Å². The lowest BCUT2D eigenvalue weighted by Crippen LogP contribution is -2.21. The summed E-state index contributed by atoms with van der Waals surface area (Å²) < 4.78 is 0. The van der Waals surface area contributed by atoms with Gasteiger partial charge in [0.1, 0.15) is 0 Å². The molecule has 3 rings (SSSR count). The third kappa shape index (κ3) is 2.30. The van der Waals surface area contributed by atoms with E-state index in [4.69, 9.17) is 0 Å². The van der Waals surface area contributed by atoms with E-state index in [1.54, 1.807) is 0 Å². The fourth-order valence-electron chi connectivity index (χ4n) is 2.38. The molecule has 1 aromatic heterocycles. The number of aliphatic hydroxyl groups is 1. The average molecular weight is 228 g/mol. The van der Waals surface area contributed by atoms with Crippen LogP contribution in [0.4, 0.5) is 0 Å². The van der Waals surface area contributed by atoms with Crippen molar-refractivity contribution in [3.8, 4) is 0 Å². The Balaban J connectivity index is 1.81. The van der Waals surface area contributed by atoms with Crippen molar-refractivity contribution in [1.29, 1.82) is 0 Å². The predicted octanol–water partition coefficient (Wildman–Crippen LogP) is 1.80. The first kappa shape index (κ1) is 10.7. The lowest BCUT2D eigenvalue weighted by atomic mass is 10.2. The zero-order chi connectivity index (χ0) is 11.7. The Bertz CT molecular complexity index is 526. The molecule has 1 saturated heterocycles. The van der Waals surface area contributed by atoms with E-state index in [1.165, 1.54) is 5.39 Å². The quantitative estimate of drug-likeness (QED) is 0.851. The summed E-state index contributed by atoms with van der Waals surface area (Å²) in [6, 6.07) is 12.3. The van der Waals surface area contributed by atoms with Crippen molar-refractivity contribution in [2.24, 2.45) is 0 Å². The van der Waals surface area contributed by atoms with Crippen molar-refractivity contribution in [2.45, 2.75) is 19.1 Å². The molecule has 0 spiro atoms. The highest BCUT2D eigenvalue weighted by molar-refractivity contribution is 5.78. The van der Waals surface area contributed by atoms with Gasteiger partial charge in [0.15, 0.2) is 0 Å². The monoisotopic (exact) mass is 228 g/mol. The van der Waals surface area contributed by atoms with Crippen LogP contribution in [-0.2, 0) is 6.54 Å². The van der Waals surface area contributed by atoms with Gasteiger partial charge in [-0.25, -0.2) is 0 Å². The van der Waals surface area contributed by atoms with E-state index >= 15 is 0 Å². The maximum Gasteiger partial charge on any atom is 0.0705 e. The van der Waals surface area contributed by atoms with E-state index < -0.39 is 0 Å². The van der Waals surface area contributed by atoms with Crippen LogP contribution in [0.15, 0.2) is 36.4 Å². The number of aromatic nitrogens is 1. The molecule has 88 valence electrons. The molecule has 2 aromatic rings. The molecule has 1 N–H and O–H groups in total. The van der Waals surface area contributed by atoms with Gasteiger partial charge in [0.05, 0.1) is 17.3 Å². The number of hydrogen-bond acceptors (Lipinski definition) is 3. The summed E-state index contributed by atoms with van der Waals surface area (Å²) in [6.45, 7) is 2.58. The summed E-state index contributed by atoms with van der Waals surface area (Å²) >= 11 is 0. The molecule has 1 aromatic carbocycles. The third-order valence-corrected chi connectivity index (χ3v) is 3.29. The van der Waals surface area contributed by atoms with Crippen molar-refractivity contribution in [1.82, 2.24) is 9.88 Å². The summed E-state index contributed by atoms with van der Waals surface area (Å²) in [4.78, 5) is 6.89. The van der Waals surface area contributed by atoms with Crippen molar-refractivity contribution >= 4 is 10.9 Å². The van der Waals surface area contributed by atoms with Gasteiger partial charge in [0.2, 0.25) is 0 Å². The molecule has 3 nitrogen and oxygen atoms in total. The number of nitrogens with zero attached hydrogens (tertiary/aromatic N) is 2. The van der Waals surface area contributed by atoms with Crippen molar-refractivity contribution in [2.75, 3.05) is 13.1 Å². The first-order chi connectivity index (χ1) is 8.31. The van der Waals surface area contributed by atoms with Crippen molar-refractivity contribution in [3.63, 3.8) is 0 Å². The second kappa shape index (κ2) is 4.43. The molecule has 0 bridgehead atoms. The van der Waals surface area contributed by atoms with Gasteiger partial charge in [-0.05, 0) is 18.6 Å². The van der Waals surface area contributed by atoms with Gasteiger partial charge in [0.25, 0.3) is 0 Å². The van der Waals surface area contributed by atoms with Crippen molar-refractivity contribution in [3.05, 3.63) is 42.1 Å². The Morgan fingerprint density at radius 3 is 2.94 bits per heavy atom. The maximum atomic E-state index is 9.49. The lowest BCUT2D eigenvalue weighted by molar-refractivity contribution is 0.174. The standard InChI is InChI=1S/C14H16N2O/c17-13-7-8-16(10-13)9-12-6-5-11-3-1-2-4-14(11)15-12/h1-6,13,17H,7-10H2.